The summed E-state index contributed by atoms with van der Waals surface area (Å²) in [7, 11) is 1.21. The number of nitrogens with zero attached hydrogens (tertiary/aromatic N) is 6. The summed E-state index contributed by atoms with van der Waals surface area (Å²) in [6, 6.07) is 1.54. The van der Waals surface area contributed by atoms with Crippen LogP contribution in [0.25, 0.3) is 16.7 Å². The van der Waals surface area contributed by atoms with Crippen molar-refractivity contribution in [2.75, 3.05) is 12.4 Å². The summed E-state index contributed by atoms with van der Waals surface area (Å²) in [6.07, 6.45) is 3.15. The number of alkyl carbamates (subject to hydrolysis) is 1. The van der Waals surface area contributed by atoms with Crippen molar-refractivity contribution in [3.63, 3.8) is 0 Å². The number of nitrogens with one attached hydrogen (secondary N) is 2. The second-order valence-electron chi connectivity index (χ2n) is 8.15. The van der Waals surface area contributed by atoms with Crippen molar-refractivity contribution in [2.45, 2.75) is 45.2 Å². The Hall–Kier alpha value is -3.89. The normalized spacial score (nSPS) is 22.6. The lowest BCUT2D eigenvalue weighted by atomic mass is 10.2. The number of carbonyl (C=O) groups is 1. The first-order chi connectivity index (χ1) is 17.4. The van der Waals surface area contributed by atoms with Crippen LogP contribution >= 0.6 is 0 Å². The van der Waals surface area contributed by atoms with Crippen molar-refractivity contribution in [1.82, 2.24) is 34.0 Å². The van der Waals surface area contributed by atoms with E-state index in [1.165, 1.54) is 17.9 Å². The van der Waals surface area contributed by atoms with Crippen molar-refractivity contribution in [1.29, 1.82) is 0 Å². The third-order valence-electron chi connectivity index (χ3n) is 5.84. The lowest BCUT2D eigenvalue weighted by Gasteiger charge is -2.14. The third-order valence-corrected chi connectivity index (χ3v) is 5.84. The molecule has 1 aliphatic carbocycles. The van der Waals surface area contributed by atoms with E-state index < -0.39 is 30.8 Å². The van der Waals surface area contributed by atoms with E-state index in [-0.39, 0.29) is 18.4 Å². The zero-order valence-electron chi connectivity index (χ0n) is 22.4. The Bertz CT molecular complexity index is 1590. The molecule has 11 heteroatoms. The summed E-state index contributed by atoms with van der Waals surface area (Å²) in [6.45, 7) is 1.05. The number of carbonyl (C=O) groups excluding carboxylic acids is 1. The van der Waals surface area contributed by atoms with Crippen LogP contribution in [0.1, 0.15) is 42.0 Å². The number of hydrogen-bond donors (Lipinski definition) is 2. The Morgan fingerprint density at radius 2 is 2.12 bits per heavy atom. The van der Waals surface area contributed by atoms with Gasteiger partial charge in [-0.2, -0.15) is 0 Å². The lowest BCUT2D eigenvalue weighted by Crippen LogP contribution is -2.33. The van der Waals surface area contributed by atoms with Crippen LogP contribution in [0, 0.1) is 13.8 Å². The van der Waals surface area contributed by atoms with E-state index in [1.807, 2.05) is 19.9 Å². The Kier molecular flexibility index (Phi) is 4.00. The molecule has 172 valence electrons. The Morgan fingerprint density at radius 3 is 2.91 bits per heavy atom. The van der Waals surface area contributed by atoms with Gasteiger partial charge in [-0.3, -0.25) is 9.13 Å². The predicted molar refractivity (Wildman–Crippen MR) is 123 cm³/mol. The van der Waals surface area contributed by atoms with E-state index in [9.17, 15) is 9.59 Å². The van der Waals surface area contributed by atoms with Crippen LogP contribution in [0.2, 0.25) is 0 Å². The van der Waals surface area contributed by atoms with Crippen molar-refractivity contribution in [3.8, 4) is 0 Å². The highest BCUT2D eigenvalue weighted by Crippen LogP contribution is 2.32. The number of pyridine rings is 1. The van der Waals surface area contributed by atoms with Crippen molar-refractivity contribution in [3.05, 3.63) is 46.3 Å². The zero-order valence-corrected chi connectivity index (χ0v) is 18.4. The fourth-order valence-electron chi connectivity index (χ4n) is 4.33. The molecule has 4 heterocycles. The minimum atomic E-state index is -2.74. The first-order valence-electron chi connectivity index (χ1n) is 12.5. The van der Waals surface area contributed by atoms with Crippen LogP contribution in [0.5, 0.6) is 0 Å². The molecule has 2 N–H and O–H groups in total. The van der Waals surface area contributed by atoms with Crippen LogP contribution in [0.4, 0.5) is 16.4 Å². The molecular formula is C22H26N8O3. The SMILES string of the molecule is [2H]C([2H])([2H])n1c(=O)n([C@@H]2CC[C@@]([2H])(NC(=O)OC)C2)c2cc(Nc3cc(C)c4nc(C)cn4n3)ncc21. The minimum absolute atomic E-state index is 0.102. The standard InChI is InChI=1S/C22H26N8O3/c1-12-7-19(27-29-11-13(2)24-20(12)29)26-18-9-16-17(10-23-18)28(3)22(32)30(16)15-6-5-14(8-15)25-21(31)33-4/h7,9-11,14-15H,5-6,8H2,1-4H3,(H,25,31)(H,23,26,27)/t14-,15-/m1/s1/i3D3,14D. The van der Waals surface area contributed by atoms with Gasteiger partial charge < -0.3 is 15.4 Å². The van der Waals surface area contributed by atoms with E-state index >= 15 is 0 Å². The number of imidazole rings is 2. The van der Waals surface area contributed by atoms with Gasteiger partial charge in [-0.1, -0.05) is 0 Å². The number of ether oxygens (including phenoxy) is 1. The Balaban J connectivity index is 1.57. The first-order valence-corrected chi connectivity index (χ1v) is 10.5. The summed E-state index contributed by atoms with van der Waals surface area (Å²) < 4.78 is 40.8. The molecule has 0 aliphatic heterocycles. The number of rotatable bonds is 4. The maximum absolute atomic E-state index is 13.4. The van der Waals surface area contributed by atoms with E-state index in [4.69, 9.17) is 5.48 Å². The summed E-state index contributed by atoms with van der Waals surface area (Å²) in [5, 5.41) is 10.1. The number of aromatic nitrogens is 6. The number of anilines is 2. The molecule has 33 heavy (non-hydrogen) atoms. The molecule has 2 atom stereocenters. The van der Waals surface area contributed by atoms with Crippen molar-refractivity contribution in [2.24, 2.45) is 6.98 Å². The fourth-order valence-corrected chi connectivity index (χ4v) is 4.33. The summed E-state index contributed by atoms with van der Waals surface area (Å²) in [5.41, 5.74) is 2.21. The van der Waals surface area contributed by atoms with Crippen LogP contribution in [0.15, 0.2) is 29.3 Å². The molecule has 0 spiro atoms. The largest absolute Gasteiger partial charge is 0.453 e. The average molecular weight is 455 g/mol. The van der Waals surface area contributed by atoms with Crippen LogP contribution in [-0.4, -0.2) is 47.9 Å². The van der Waals surface area contributed by atoms with Gasteiger partial charge in [0.25, 0.3) is 0 Å². The van der Waals surface area contributed by atoms with E-state index in [0.29, 0.717) is 23.6 Å². The molecule has 0 radical (unpaired) electrons. The number of amides is 1. The fraction of sp³-hybridized carbons (Fsp3) is 0.409. The molecule has 4 aromatic rings. The van der Waals surface area contributed by atoms with Gasteiger partial charge in [0.1, 0.15) is 5.82 Å². The highest BCUT2D eigenvalue weighted by atomic mass is 16.5. The smallest absolute Gasteiger partial charge is 0.407 e. The topological polar surface area (TPSA) is 120 Å². The molecule has 0 bridgehead atoms. The summed E-state index contributed by atoms with van der Waals surface area (Å²) in [4.78, 5) is 33.9. The van der Waals surface area contributed by atoms with Gasteiger partial charge in [-0.25, -0.2) is 24.1 Å². The van der Waals surface area contributed by atoms with Crippen LogP contribution in [0.3, 0.4) is 0 Å². The van der Waals surface area contributed by atoms with Gasteiger partial charge in [0.15, 0.2) is 11.5 Å². The zero-order chi connectivity index (χ0) is 26.7. The van der Waals surface area contributed by atoms with Crippen molar-refractivity contribution < 1.29 is 15.0 Å². The highest BCUT2D eigenvalue weighted by molar-refractivity contribution is 5.79. The first kappa shape index (κ1) is 16.7. The Labute approximate surface area is 195 Å². The second-order valence-corrected chi connectivity index (χ2v) is 8.15. The number of hydrogen-bond acceptors (Lipinski definition) is 7. The quantitative estimate of drug-likeness (QED) is 0.486. The molecule has 11 nitrogen and oxygen atoms in total. The lowest BCUT2D eigenvalue weighted by molar-refractivity contribution is 0.166. The highest BCUT2D eigenvalue weighted by Gasteiger charge is 2.30. The molecule has 0 saturated heterocycles. The third kappa shape index (κ3) is 3.69. The monoisotopic (exact) mass is 454 g/mol. The van der Waals surface area contributed by atoms with Crippen molar-refractivity contribution >= 4 is 34.4 Å². The number of fused-ring (bicyclic) bond motifs is 2. The molecule has 0 unspecified atom stereocenters. The number of aryl methyl sites for hydroxylation is 3. The molecule has 1 saturated carbocycles. The van der Waals surface area contributed by atoms with Gasteiger partial charge in [-0.05, 0) is 44.7 Å². The second kappa shape index (κ2) is 7.91. The van der Waals surface area contributed by atoms with Crippen LogP contribution in [-0.2, 0) is 11.7 Å². The maximum Gasteiger partial charge on any atom is 0.407 e. The van der Waals surface area contributed by atoms with E-state index in [0.717, 1.165) is 21.5 Å². The van der Waals surface area contributed by atoms with E-state index in [2.05, 4.69) is 30.4 Å². The molecule has 0 aromatic carbocycles. The van der Waals surface area contributed by atoms with E-state index in [1.54, 1.807) is 16.8 Å². The summed E-state index contributed by atoms with van der Waals surface area (Å²) in [5.74, 6) is 0.849. The number of methoxy groups -OCH3 is 1. The molecule has 1 aliphatic rings. The average Bonchev–Trinajstić information content (AvgIpc) is 3.45. The van der Waals surface area contributed by atoms with Gasteiger partial charge in [0, 0.05) is 29.2 Å². The molecule has 1 amide bonds. The predicted octanol–water partition coefficient (Wildman–Crippen LogP) is 2.59. The Morgan fingerprint density at radius 1 is 1.27 bits per heavy atom. The minimum Gasteiger partial charge on any atom is -0.453 e. The van der Waals surface area contributed by atoms with Gasteiger partial charge in [0.05, 0.1) is 37.6 Å². The molecular weight excluding hydrogens is 424 g/mol. The molecule has 1 fully saturated rings. The van der Waals surface area contributed by atoms with Gasteiger partial charge >= 0.3 is 11.8 Å². The maximum atomic E-state index is 13.4. The van der Waals surface area contributed by atoms with Gasteiger partial charge in [-0.15, -0.1) is 5.10 Å². The molecule has 4 aromatic heterocycles. The van der Waals surface area contributed by atoms with Gasteiger partial charge in [0.2, 0.25) is 0 Å². The molecule has 5 rings (SSSR count). The summed E-state index contributed by atoms with van der Waals surface area (Å²) >= 11 is 0. The van der Waals surface area contributed by atoms with Crippen LogP contribution < -0.4 is 16.3 Å².